The molecule has 0 radical (unpaired) electrons. The number of benzene rings is 1. The summed E-state index contributed by atoms with van der Waals surface area (Å²) in [6.45, 7) is 4.73. The molecule has 1 N–H and O–H groups in total. The SMILES string of the molecule is CCCCC(O)C1=CCC23CCN(CC4CC4)C(Cc4ccc(OC)cc42)[C@H]3C1. The number of hydrogen-bond acceptors (Lipinski definition) is 3. The van der Waals surface area contributed by atoms with Crippen molar-refractivity contribution < 1.29 is 9.84 Å². The molecule has 29 heavy (non-hydrogen) atoms. The number of aliphatic hydroxyl groups is 1. The standard InChI is InChI=1S/C26H37NO2/c1-3-4-5-25(28)20-10-11-26-12-13-27(17-18-6-7-18)24(23(26)14-20)15-19-8-9-21(29-2)16-22(19)26/h8-10,16,18,23-25,28H,3-7,11-15,17H2,1-2H3/t23-,24?,25?,26?/m1/s1. The zero-order valence-electron chi connectivity index (χ0n) is 18.2. The van der Waals surface area contributed by atoms with Gasteiger partial charge in [-0.2, -0.15) is 0 Å². The largest absolute Gasteiger partial charge is 0.497 e. The fraction of sp³-hybridized carbons (Fsp3) is 0.692. The monoisotopic (exact) mass is 395 g/mol. The average molecular weight is 396 g/mol. The van der Waals surface area contributed by atoms with Crippen LogP contribution >= 0.6 is 0 Å². The first-order chi connectivity index (χ1) is 14.1. The molecule has 1 aliphatic heterocycles. The van der Waals surface area contributed by atoms with Crippen LogP contribution in [-0.2, 0) is 11.8 Å². The summed E-state index contributed by atoms with van der Waals surface area (Å²) in [5.41, 5.74) is 4.64. The van der Waals surface area contributed by atoms with Crippen LogP contribution in [0.3, 0.4) is 0 Å². The van der Waals surface area contributed by atoms with Gasteiger partial charge in [0.15, 0.2) is 0 Å². The molecule has 158 valence electrons. The predicted molar refractivity (Wildman–Crippen MR) is 117 cm³/mol. The first-order valence-corrected chi connectivity index (χ1v) is 11.9. The topological polar surface area (TPSA) is 32.7 Å². The van der Waals surface area contributed by atoms with Crippen LogP contribution in [0.25, 0.3) is 0 Å². The number of unbranched alkanes of at least 4 members (excludes halogenated alkanes) is 1. The maximum absolute atomic E-state index is 10.9. The summed E-state index contributed by atoms with van der Waals surface area (Å²) in [7, 11) is 1.78. The van der Waals surface area contributed by atoms with Crippen molar-refractivity contribution in [3.8, 4) is 5.75 Å². The second-order valence-corrected chi connectivity index (χ2v) is 10.1. The summed E-state index contributed by atoms with van der Waals surface area (Å²) in [6.07, 6.45) is 12.8. The highest BCUT2D eigenvalue weighted by Gasteiger charge is 2.54. The molecular weight excluding hydrogens is 358 g/mol. The molecule has 5 rings (SSSR count). The highest BCUT2D eigenvalue weighted by Crippen LogP contribution is 2.56. The van der Waals surface area contributed by atoms with E-state index in [1.54, 1.807) is 12.7 Å². The Balaban J connectivity index is 1.51. The fourth-order valence-electron chi connectivity index (χ4n) is 6.53. The Hall–Kier alpha value is -1.32. The summed E-state index contributed by atoms with van der Waals surface area (Å²) in [6, 6.07) is 7.44. The van der Waals surface area contributed by atoms with E-state index >= 15 is 0 Å². The number of fused-ring (bicyclic) bond motifs is 1. The minimum atomic E-state index is -0.239. The minimum absolute atomic E-state index is 0.237. The van der Waals surface area contributed by atoms with E-state index in [0.717, 1.165) is 50.2 Å². The first-order valence-electron chi connectivity index (χ1n) is 11.9. The quantitative estimate of drug-likeness (QED) is 0.669. The second-order valence-electron chi connectivity index (χ2n) is 10.1. The lowest BCUT2D eigenvalue weighted by atomic mass is 9.52. The van der Waals surface area contributed by atoms with Crippen LogP contribution in [-0.4, -0.2) is 42.4 Å². The number of methoxy groups -OCH3 is 1. The number of likely N-dealkylation sites (tertiary alicyclic amines) is 1. The van der Waals surface area contributed by atoms with Gasteiger partial charge in [0.25, 0.3) is 0 Å². The Morgan fingerprint density at radius 1 is 1.28 bits per heavy atom. The van der Waals surface area contributed by atoms with Crippen LogP contribution in [0.4, 0.5) is 0 Å². The van der Waals surface area contributed by atoms with Gasteiger partial charge in [-0.1, -0.05) is 31.9 Å². The molecule has 0 aromatic heterocycles. The van der Waals surface area contributed by atoms with Crippen molar-refractivity contribution in [3.05, 3.63) is 41.0 Å². The molecule has 0 spiro atoms. The van der Waals surface area contributed by atoms with Crippen molar-refractivity contribution in [1.82, 2.24) is 4.90 Å². The lowest BCUT2D eigenvalue weighted by Crippen LogP contribution is -2.61. The molecule has 1 aromatic rings. The third-order valence-electron chi connectivity index (χ3n) is 8.40. The van der Waals surface area contributed by atoms with Gasteiger partial charge in [0.1, 0.15) is 5.75 Å². The highest BCUT2D eigenvalue weighted by molar-refractivity contribution is 5.47. The Morgan fingerprint density at radius 3 is 2.90 bits per heavy atom. The zero-order valence-corrected chi connectivity index (χ0v) is 18.2. The molecule has 3 nitrogen and oxygen atoms in total. The van der Waals surface area contributed by atoms with Crippen molar-refractivity contribution in [1.29, 1.82) is 0 Å². The Bertz CT molecular complexity index is 783. The summed E-state index contributed by atoms with van der Waals surface area (Å²) >= 11 is 0. The van der Waals surface area contributed by atoms with Gasteiger partial charge < -0.3 is 9.84 Å². The van der Waals surface area contributed by atoms with Crippen molar-refractivity contribution in [2.24, 2.45) is 11.8 Å². The number of hydrogen-bond donors (Lipinski definition) is 1. The summed E-state index contributed by atoms with van der Waals surface area (Å²) < 4.78 is 5.61. The first kappa shape index (κ1) is 19.6. The molecule has 1 aromatic carbocycles. The molecule has 4 aliphatic rings. The van der Waals surface area contributed by atoms with Gasteiger partial charge in [0.2, 0.25) is 0 Å². The molecule has 1 heterocycles. The number of piperidine rings is 1. The lowest BCUT2D eigenvalue weighted by molar-refractivity contribution is 0.00330. The zero-order chi connectivity index (χ0) is 20.0. The van der Waals surface area contributed by atoms with Gasteiger partial charge >= 0.3 is 0 Å². The molecular formula is C26H37NO2. The van der Waals surface area contributed by atoms with Crippen LogP contribution in [0.1, 0.15) is 69.4 Å². The second kappa shape index (κ2) is 7.74. The summed E-state index contributed by atoms with van der Waals surface area (Å²) in [4.78, 5) is 2.83. The van der Waals surface area contributed by atoms with Crippen molar-refractivity contribution in [3.63, 3.8) is 0 Å². The smallest absolute Gasteiger partial charge is 0.119 e. The molecule has 3 heteroatoms. The number of rotatable bonds is 7. The van der Waals surface area contributed by atoms with Gasteiger partial charge in [0.05, 0.1) is 13.2 Å². The van der Waals surface area contributed by atoms with Crippen LogP contribution in [0, 0.1) is 11.8 Å². The predicted octanol–water partition coefficient (Wildman–Crippen LogP) is 4.86. The molecule has 2 fully saturated rings. The molecule has 1 saturated heterocycles. The normalized spacial score (nSPS) is 32.2. The van der Waals surface area contributed by atoms with E-state index in [1.807, 2.05) is 0 Å². The van der Waals surface area contributed by atoms with E-state index in [4.69, 9.17) is 4.74 Å². The van der Waals surface area contributed by atoms with Crippen molar-refractivity contribution in [2.45, 2.75) is 82.3 Å². The maximum atomic E-state index is 10.9. The average Bonchev–Trinajstić information content (AvgIpc) is 3.57. The van der Waals surface area contributed by atoms with Crippen LogP contribution < -0.4 is 4.74 Å². The molecule has 4 atom stereocenters. The number of aliphatic hydroxyl groups excluding tert-OH is 1. The van der Waals surface area contributed by atoms with Gasteiger partial charge in [-0.15, -0.1) is 0 Å². The van der Waals surface area contributed by atoms with E-state index in [9.17, 15) is 5.11 Å². The molecule has 3 unspecified atom stereocenters. The van der Waals surface area contributed by atoms with Crippen molar-refractivity contribution in [2.75, 3.05) is 20.2 Å². The van der Waals surface area contributed by atoms with Gasteiger partial charge in [-0.25, -0.2) is 0 Å². The molecule has 0 amide bonds. The van der Waals surface area contributed by atoms with Gasteiger partial charge in [0, 0.05) is 18.0 Å². The van der Waals surface area contributed by atoms with Gasteiger partial charge in [-0.3, -0.25) is 4.90 Å². The van der Waals surface area contributed by atoms with E-state index in [1.165, 1.54) is 43.5 Å². The summed E-state index contributed by atoms with van der Waals surface area (Å²) in [5, 5.41) is 10.9. The van der Waals surface area contributed by atoms with Crippen molar-refractivity contribution >= 4 is 0 Å². The van der Waals surface area contributed by atoms with E-state index in [-0.39, 0.29) is 11.5 Å². The number of nitrogens with zero attached hydrogens (tertiary/aromatic N) is 1. The highest BCUT2D eigenvalue weighted by atomic mass is 16.5. The molecule has 1 saturated carbocycles. The number of allylic oxidation sites excluding steroid dienone is 1. The Morgan fingerprint density at radius 2 is 2.14 bits per heavy atom. The van der Waals surface area contributed by atoms with E-state index in [0.29, 0.717) is 12.0 Å². The third-order valence-corrected chi connectivity index (χ3v) is 8.40. The fourth-order valence-corrected chi connectivity index (χ4v) is 6.53. The maximum Gasteiger partial charge on any atom is 0.119 e. The van der Waals surface area contributed by atoms with Crippen LogP contribution in [0.15, 0.2) is 29.8 Å². The lowest BCUT2D eigenvalue weighted by Gasteiger charge is -2.59. The Kier molecular flexibility index (Phi) is 5.24. The summed E-state index contributed by atoms with van der Waals surface area (Å²) in [5.74, 6) is 2.56. The van der Waals surface area contributed by atoms with Crippen LogP contribution in [0.2, 0.25) is 0 Å². The van der Waals surface area contributed by atoms with Crippen LogP contribution in [0.5, 0.6) is 5.75 Å². The number of ether oxygens (including phenoxy) is 1. The van der Waals surface area contributed by atoms with E-state index in [2.05, 4.69) is 36.1 Å². The van der Waals surface area contributed by atoms with Gasteiger partial charge in [-0.05, 0) is 92.2 Å². The Labute approximate surface area is 176 Å². The molecule has 3 aliphatic carbocycles. The molecule has 2 bridgehead atoms. The minimum Gasteiger partial charge on any atom is -0.497 e. The third kappa shape index (κ3) is 3.45. The van der Waals surface area contributed by atoms with E-state index < -0.39 is 0 Å².